The van der Waals surface area contributed by atoms with Crippen molar-refractivity contribution in [1.82, 2.24) is 9.88 Å². The first-order valence-electron chi connectivity index (χ1n) is 4.88. The van der Waals surface area contributed by atoms with E-state index < -0.39 is 0 Å². The van der Waals surface area contributed by atoms with Crippen LogP contribution in [0, 0.1) is 0 Å². The Morgan fingerprint density at radius 3 is 3.20 bits per heavy atom. The average molecular weight is 207 g/mol. The van der Waals surface area contributed by atoms with Gasteiger partial charge in [-0.3, -0.25) is 4.98 Å². The Hall–Kier alpha value is -1.78. The summed E-state index contributed by atoms with van der Waals surface area (Å²) in [5.41, 5.74) is 7.07. The second-order valence-electron chi connectivity index (χ2n) is 3.43. The van der Waals surface area contributed by atoms with Crippen molar-refractivity contribution >= 4 is 11.8 Å². The highest BCUT2D eigenvalue weighted by atomic mass is 16.6. The SMILES string of the molecule is Nc1cccnc1CN1CCCOC1=O. The summed E-state index contributed by atoms with van der Waals surface area (Å²) in [5.74, 6) is 0. The third-order valence-electron chi connectivity index (χ3n) is 2.32. The smallest absolute Gasteiger partial charge is 0.410 e. The van der Waals surface area contributed by atoms with Crippen LogP contribution >= 0.6 is 0 Å². The molecule has 5 nitrogen and oxygen atoms in total. The highest BCUT2D eigenvalue weighted by Gasteiger charge is 2.20. The van der Waals surface area contributed by atoms with Gasteiger partial charge in [-0.05, 0) is 18.6 Å². The number of carbonyl (C=O) groups excluding carboxylic acids is 1. The number of ether oxygens (including phenoxy) is 1. The van der Waals surface area contributed by atoms with Crippen LogP contribution in [0.3, 0.4) is 0 Å². The molecule has 0 aliphatic carbocycles. The van der Waals surface area contributed by atoms with Crippen LogP contribution in [0.5, 0.6) is 0 Å². The summed E-state index contributed by atoms with van der Waals surface area (Å²) in [5, 5.41) is 0. The van der Waals surface area contributed by atoms with Gasteiger partial charge in [0, 0.05) is 12.7 Å². The van der Waals surface area contributed by atoms with E-state index in [1.165, 1.54) is 0 Å². The Morgan fingerprint density at radius 2 is 2.47 bits per heavy atom. The molecule has 2 heterocycles. The summed E-state index contributed by atoms with van der Waals surface area (Å²) in [6, 6.07) is 3.55. The number of hydrogen-bond donors (Lipinski definition) is 1. The lowest BCUT2D eigenvalue weighted by Gasteiger charge is -2.26. The molecule has 1 aromatic rings. The van der Waals surface area contributed by atoms with Crippen LogP contribution in [0.2, 0.25) is 0 Å². The van der Waals surface area contributed by atoms with Crippen molar-refractivity contribution in [2.75, 3.05) is 18.9 Å². The lowest BCUT2D eigenvalue weighted by atomic mass is 10.2. The Labute approximate surface area is 87.8 Å². The summed E-state index contributed by atoms with van der Waals surface area (Å²) < 4.78 is 4.92. The number of nitrogens with zero attached hydrogens (tertiary/aromatic N) is 2. The number of rotatable bonds is 2. The first kappa shape index (κ1) is 9.76. The van der Waals surface area contributed by atoms with Crippen LogP contribution < -0.4 is 5.73 Å². The number of aromatic nitrogens is 1. The number of hydrogen-bond acceptors (Lipinski definition) is 4. The fourth-order valence-electron chi connectivity index (χ4n) is 1.50. The summed E-state index contributed by atoms with van der Waals surface area (Å²) >= 11 is 0. The molecular weight excluding hydrogens is 194 g/mol. The quantitative estimate of drug-likeness (QED) is 0.785. The Kier molecular flexibility index (Phi) is 2.71. The third kappa shape index (κ3) is 2.18. The number of nitrogens with two attached hydrogens (primary N) is 1. The molecule has 1 saturated heterocycles. The normalized spacial score (nSPS) is 16.3. The molecule has 1 aliphatic rings. The van der Waals surface area contributed by atoms with Gasteiger partial charge in [0.05, 0.1) is 24.5 Å². The van der Waals surface area contributed by atoms with Crippen molar-refractivity contribution in [1.29, 1.82) is 0 Å². The van der Waals surface area contributed by atoms with Gasteiger partial charge in [-0.2, -0.15) is 0 Å². The predicted octanol–water partition coefficient (Wildman–Crippen LogP) is 1.01. The first-order valence-corrected chi connectivity index (χ1v) is 4.88. The lowest BCUT2D eigenvalue weighted by molar-refractivity contribution is 0.0696. The average Bonchev–Trinajstić information content (AvgIpc) is 2.24. The monoisotopic (exact) mass is 207 g/mol. The summed E-state index contributed by atoms with van der Waals surface area (Å²) in [7, 11) is 0. The van der Waals surface area contributed by atoms with Crippen LogP contribution in [0.15, 0.2) is 18.3 Å². The molecule has 0 unspecified atom stereocenters. The number of nitrogen functional groups attached to an aromatic ring is 1. The van der Waals surface area contributed by atoms with E-state index in [0.29, 0.717) is 25.4 Å². The molecule has 0 atom stereocenters. The van der Waals surface area contributed by atoms with Crippen LogP contribution in [-0.4, -0.2) is 29.1 Å². The molecule has 1 aliphatic heterocycles. The van der Waals surface area contributed by atoms with Gasteiger partial charge in [0.2, 0.25) is 0 Å². The Morgan fingerprint density at radius 1 is 1.60 bits per heavy atom. The standard InChI is InChI=1S/C10H13N3O2/c11-8-3-1-4-12-9(8)7-13-5-2-6-15-10(13)14/h1,3-4H,2,5-7,11H2. The maximum absolute atomic E-state index is 11.3. The van der Waals surface area contributed by atoms with Crippen molar-refractivity contribution in [2.24, 2.45) is 0 Å². The molecule has 80 valence electrons. The Bertz CT molecular complexity index is 367. The van der Waals surface area contributed by atoms with E-state index in [4.69, 9.17) is 10.5 Å². The lowest BCUT2D eigenvalue weighted by Crippen LogP contribution is -2.37. The second-order valence-corrected chi connectivity index (χ2v) is 3.43. The zero-order chi connectivity index (χ0) is 10.7. The molecule has 0 spiro atoms. The number of anilines is 1. The fourth-order valence-corrected chi connectivity index (χ4v) is 1.50. The fraction of sp³-hybridized carbons (Fsp3) is 0.400. The van der Waals surface area contributed by atoms with Crippen molar-refractivity contribution in [2.45, 2.75) is 13.0 Å². The maximum atomic E-state index is 11.3. The number of amides is 1. The second kappa shape index (κ2) is 4.16. The van der Waals surface area contributed by atoms with Gasteiger partial charge in [0.25, 0.3) is 0 Å². The van der Waals surface area contributed by atoms with Gasteiger partial charge < -0.3 is 15.4 Å². The third-order valence-corrected chi connectivity index (χ3v) is 2.32. The van der Waals surface area contributed by atoms with Crippen LogP contribution in [0.1, 0.15) is 12.1 Å². The van der Waals surface area contributed by atoms with Gasteiger partial charge in [-0.25, -0.2) is 4.79 Å². The highest BCUT2D eigenvalue weighted by molar-refractivity contribution is 5.68. The van der Waals surface area contributed by atoms with E-state index in [1.807, 2.05) is 0 Å². The molecule has 0 bridgehead atoms. The van der Waals surface area contributed by atoms with E-state index in [9.17, 15) is 4.79 Å². The van der Waals surface area contributed by atoms with Crippen LogP contribution in [-0.2, 0) is 11.3 Å². The number of cyclic esters (lactones) is 1. The van der Waals surface area contributed by atoms with Gasteiger partial charge in [0.15, 0.2) is 0 Å². The molecule has 2 N–H and O–H groups in total. The maximum Gasteiger partial charge on any atom is 0.410 e. The molecular formula is C10H13N3O2. The molecule has 1 amide bonds. The topological polar surface area (TPSA) is 68.4 Å². The molecule has 15 heavy (non-hydrogen) atoms. The predicted molar refractivity (Wildman–Crippen MR) is 55.0 cm³/mol. The minimum absolute atomic E-state index is 0.286. The van der Waals surface area contributed by atoms with Gasteiger partial charge in [-0.15, -0.1) is 0 Å². The van der Waals surface area contributed by atoms with E-state index in [1.54, 1.807) is 23.2 Å². The molecule has 1 aromatic heterocycles. The summed E-state index contributed by atoms with van der Waals surface area (Å²) in [6.45, 7) is 1.63. The van der Waals surface area contributed by atoms with E-state index in [0.717, 1.165) is 12.1 Å². The largest absolute Gasteiger partial charge is 0.449 e. The van der Waals surface area contributed by atoms with Crippen molar-refractivity contribution in [3.63, 3.8) is 0 Å². The van der Waals surface area contributed by atoms with Crippen molar-refractivity contribution < 1.29 is 9.53 Å². The molecule has 1 fully saturated rings. The van der Waals surface area contributed by atoms with Crippen LogP contribution in [0.4, 0.5) is 10.5 Å². The van der Waals surface area contributed by atoms with Crippen molar-refractivity contribution in [3.8, 4) is 0 Å². The number of carbonyl (C=O) groups is 1. The van der Waals surface area contributed by atoms with Gasteiger partial charge in [0.1, 0.15) is 0 Å². The molecule has 5 heteroatoms. The summed E-state index contributed by atoms with van der Waals surface area (Å²) in [4.78, 5) is 17.1. The Balaban J connectivity index is 2.08. The number of pyridine rings is 1. The minimum Gasteiger partial charge on any atom is -0.449 e. The highest BCUT2D eigenvalue weighted by Crippen LogP contribution is 2.13. The first-order chi connectivity index (χ1) is 7.27. The van der Waals surface area contributed by atoms with Crippen molar-refractivity contribution in [3.05, 3.63) is 24.0 Å². The van der Waals surface area contributed by atoms with E-state index in [-0.39, 0.29) is 6.09 Å². The zero-order valence-electron chi connectivity index (χ0n) is 8.35. The zero-order valence-corrected chi connectivity index (χ0v) is 8.35. The molecule has 0 aromatic carbocycles. The van der Waals surface area contributed by atoms with E-state index >= 15 is 0 Å². The van der Waals surface area contributed by atoms with Gasteiger partial charge in [-0.1, -0.05) is 0 Å². The molecule has 2 rings (SSSR count). The van der Waals surface area contributed by atoms with Crippen LogP contribution in [0.25, 0.3) is 0 Å². The van der Waals surface area contributed by atoms with E-state index in [2.05, 4.69) is 4.98 Å². The summed E-state index contributed by atoms with van der Waals surface area (Å²) in [6.07, 6.45) is 2.24. The van der Waals surface area contributed by atoms with Gasteiger partial charge >= 0.3 is 6.09 Å². The minimum atomic E-state index is -0.286. The molecule has 0 radical (unpaired) electrons. The molecule has 0 saturated carbocycles.